The summed E-state index contributed by atoms with van der Waals surface area (Å²) in [6.07, 6.45) is 5.83. The minimum Gasteiger partial charge on any atom is -0.0599 e. The van der Waals surface area contributed by atoms with Crippen molar-refractivity contribution in [2.24, 2.45) is 22.2 Å². The Morgan fingerprint density at radius 2 is 1.27 bits per heavy atom. The van der Waals surface area contributed by atoms with E-state index in [-0.39, 0.29) is 0 Å². The highest BCUT2D eigenvalue weighted by Gasteiger charge is 2.47. The van der Waals surface area contributed by atoms with Crippen molar-refractivity contribution < 1.29 is 0 Å². The smallest absolute Gasteiger partial charge is 0.0277 e. The molecule has 0 N–H and O–H groups in total. The lowest BCUT2D eigenvalue weighted by atomic mass is 9.79. The van der Waals surface area contributed by atoms with Crippen molar-refractivity contribution in [3.8, 4) is 0 Å². The summed E-state index contributed by atoms with van der Waals surface area (Å²) >= 11 is 0. The molecule has 0 aliphatic heterocycles. The van der Waals surface area contributed by atoms with E-state index in [0.29, 0.717) is 16.2 Å². The minimum atomic E-state index is 0.549. The third-order valence-corrected chi connectivity index (χ3v) is 4.61. The summed E-state index contributed by atoms with van der Waals surface area (Å²) < 4.78 is 0. The average molecular weight is 210 g/mol. The molecule has 0 aromatic carbocycles. The van der Waals surface area contributed by atoms with Crippen molar-refractivity contribution in [3.63, 3.8) is 0 Å². The number of hydrogen-bond donors (Lipinski definition) is 0. The van der Waals surface area contributed by atoms with Gasteiger partial charge in [-0.2, -0.15) is 0 Å². The van der Waals surface area contributed by atoms with Crippen LogP contribution in [-0.4, -0.2) is 0 Å². The summed E-state index contributed by atoms with van der Waals surface area (Å²) in [5.74, 6) is 1.05. The van der Waals surface area contributed by atoms with Gasteiger partial charge in [-0.3, -0.25) is 0 Å². The maximum absolute atomic E-state index is 2.38. The molecule has 0 saturated heterocycles. The predicted molar refractivity (Wildman–Crippen MR) is 69.0 cm³/mol. The fraction of sp³-hybridized carbons (Fsp3) is 1.00. The molecule has 0 spiro atoms. The molecule has 0 amide bonds. The fourth-order valence-electron chi connectivity index (χ4n) is 1.89. The molecule has 0 atom stereocenters. The Morgan fingerprint density at radius 3 is 1.27 bits per heavy atom. The summed E-state index contributed by atoms with van der Waals surface area (Å²) in [6.45, 7) is 16.4. The van der Waals surface area contributed by atoms with Crippen LogP contribution in [-0.2, 0) is 0 Å². The number of rotatable bonds is 0. The van der Waals surface area contributed by atoms with Crippen LogP contribution in [0.5, 0.6) is 0 Å². The summed E-state index contributed by atoms with van der Waals surface area (Å²) in [5.41, 5.74) is 1.85. The van der Waals surface area contributed by atoms with Gasteiger partial charge in [0.2, 0.25) is 0 Å². The van der Waals surface area contributed by atoms with E-state index in [0.717, 1.165) is 5.92 Å². The van der Waals surface area contributed by atoms with Gasteiger partial charge in [0, 0.05) is 0 Å². The monoisotopic (exact) mass is 210 g/mol. The van der Waals surface area contributed by atoms with Crippen LogP contribution in [0.15, 0.2) is 0 Å². The van der Waals surface area contributed by atoms with Gasteiger partial charge in [0.05, 0.1) is 0 Å². The molecule has 15 heavy (non-hydrogen) atoms. The van der Waals surface area contributed by atoms with Gasteiger partial charge in [0.25, 0.3) is 0 Å². The quantitative estimate of drug-likeness (QED) is 0.510. The second kappa shape index (κ2) is 3.79. The summed E-state index contributed by atoms with van der Waals surface area (Å²) in [6, 6.07) is 0. The lowest BCUT2D eigenvalue weighted by Crippen LogP contribution is -2.17. The normalized spacial score (nSPS) is 24.2. The van der Waals surface area contributed by atoms with Crippen molar-refractivity contribution in [3.05, 3.63) is 0 Å². The van der Waals surface area contributed by atoms with Gasteiger partial charge in [-0.15, -0.1) is 0 Å². The highest BCUT2D eigenvalue weighted by Crippen LogP contribution is 2.57. The Morgan fingerprint density at radius 1 is 0.867 bits per heavy atom. The summed E-state index contributed by atoms with van der Waals surface area (Å²) in [4.78, 5) is 0. The Labute approximate surface area is 96.8 Å². The Balaban J connectivity index is 0.000000151. The van der Waals surface area contributed by atoms with Crippen LogP contribution in [0.1, 0.15) is 74.1 Å². The van der Waals surface area contributed by atoms with E-state index in [9.17, 15) is 0 Å². The fourth-order valence-corrected chi connectivity index (χ4v) is 1.89. The first-order valence-electron chi connectivity index (χ1n) is 6.56. The lowest BCUT2D eigenvalue weighted by Gasteiger charge is -2.26. The molecule has 2 saturated carbocycles. The van der Waals surface area contributed by atoms with E-state index >= 15 is 0 Å². The molecule has 0 unspecified atom stereocenters. The van der Waals surface area contributed by atoms with Crippen LogP contribution in [0.4, 0.5) is 0 Å². The molecule has 0 radical (unpaired) electrons. The molecule has 2 aliphatic carbocycles. The second-order valence-corrected chi connectivity index (χ2v) is 7.95. The molecule has 0 aromatic heterocycles. The van der Waals surface area contributed by atoms with E-state index in [2.05, 4.69) is 48.5 Å². The molecule has 2 rings (SSSR count). The van der Waals surface area contributed by atoms with Crippen molar-refractivity contribution in [1.29, 1.82) is 0 Å². The Bertz CT molecular complexity index is 200. The predicted octanol–water partition coefficient (Wildman–Crippen LogP) is 5.28. The van der Waals surface area contributed by atoms with Crippen LogP contribution in [0.3, 0.4) is 0 Å². The first-order chi connectivity index (χ1) is 6.56. The first-order valence-corrected chi connectivity index (χ1v) is 6.56. The van der Waals surface area contributed by atoms with E-state index in [1.807, 2.05) is 0 Å². The third-order valence-electron chi connectivity index (χ3n) is 4.61. The van der Waals surface area contributed by atoms with Crippen LogP contribution in [0.25, 0.3) is 0 Å². The molecule has 90 valence electrons. The maximum atomic E-state index is 2.38. The highest BCUT2D eigenvalue weighted by molar-refractivity contribution is 4.97. The zero-order chi connectivity index (χ0) is 11.9. The van der Waals surface area contributed by atoms with Crippen molar-refractivity contribution in [2.45, 2.75) is 74.1 Å². The molecular formula is C15H30. The molecule has 2 aliphatic rings. The first kappa shape index (κ1) is 13.1. The third kappa shape index (κ3) is 3.81. The lowest BCUT2D eigenvalue weighted by molar-refractivity contribution is 0.237. The molecule has 0 heterocycles. The van der Waals surface area contributed by atoms with E-state index in [4.69, 9.17) is 0 Å². The molecule has 0 nitrogen and oxygen atoms in total. The van der Waals surface area contributed by atoms with Gasteiger partial charge < -0.3 is 0 Å². The van der Waals surface area contributed by atoms with Gasteiger partial charge in [-0.05, 0) is 47.8 Å². The van der Waals surface area contributed by atoms with Gasteiger partial charge in [0.15, 0.2) is 0 Å². The largest absolute Gasteiger partial charge is 0.0599 e. The zero-order valence-electron chi connectivity index (χ0n) is 11.9. The van der Waals surface area contributed by atoms with Gasteiger partial charge in [-0.1, -0.05) is 48.5 Å². The highest BCUT2D eigenvalue weighted by atomic mass is 14.5. The topological polar surface area (TPSA) is 0 Å². The second-order valence-electron chi connectivity index (χ2n) is 7.95. The minimum absolute atomic E-state index is 0.549. The molecule has 0 aromatic rings. The van der Waals surface area contributed by atoms with E-state index in [1.165, 1.54) is 25.7 Å². The molecule has 2 fully saturated rings. The zero-order valence-corrected chi connectivity index (χ0v) is 11.9. The van der Waals surface area contributed by atoms with Crippen LogP contribution in [0, 0.1) is 22.2 Å². The van der Waals surface area contributed by atoms with Crippen LogP contribution in [0.2, 0.25) is 0 Å². The summed E-state index contributed by atoms with van der Waals surface area (Å²) in [5, 5.41) is 0. The van der Waals surface area contributed by atoms with Crippen molar-refractivity contribution in [1.82, 2.24) is 0 Å². The molecule has 0 heteroatoms. The standard InChI is InChI=1S/C8H16.C7H14/c1-7(2,3)8(4)5-6-8;1-7(2,3)6-4-5-6/h5-6H2,1-4H3;6H,4-5H2,1-3H3. The van der Waals surface area contributed by atoms with Gasteiger partial charge in [-0.25, -0.2) is 0 Å². The van der Waals surface area contributed by atoms with Crippen molar-refractivity contribution >= 4 is 0 Å². The molecular weight excluding hydrogens is 180 g/mol. The number of hydrogen-bond acceptors (Lipinski definition) is 0. The van der Waals surface area contributed by atoms with Gasteiger partial charge >= 0.3 is 0 Å². The Kier molecular flexibility index (Phi) is 3.30. The van der Waals surface area contributed by atoms with E-state index in [1.54, 1.807) is 0 Å². The van der Waals surface area contributed by atoms with Crippen molar-refractivity contribution in [2.75, 3.05) is 0 Å². The van der Waals surface area contributed by atoms with Gasteiger partial charge in [0.1, 0.15) is 0 Å². The van der Waals surface area contributed by atoms with E-state index < -0.39 is 0 Å². The van der Waals surface area contributed by atoms with Crippen LogP contribution >= 0.6 is 0 Å². The van der Waals surface area contributed by atoms with Crippen LogP contribution < -0.4 is 0 Å². The molecule has 0 bridgehead atoms. The maximum Gasteiger partial charge on any atom is -0.0277 e. The Hall–Kier alpha value is 0. The SMILES string of the molecule is CC(C)(C)C1(C)CC1.CC(C)(C)C1CC1. The summed E-state index contributed by atoms with van der Waals surface area (Å²) in [7, 11) is 0. The average Bonchev–Trinajstić information content (AvgIpc) is 2.75.